The third-order valence-electron chi connectivity index (χ3n) is 2.34. The zero-order valence-electron chi connectivity index (χ0n) is 11.3. The van der Waals surface area contributed by atoms with E-state index in [0.717, 1.165) is 19.6 Å². The Labute approximate surface area is 108 Å². The maximum atomic E-state index is 9.90. The summed E-state index contributed by atoms with van der Waals surface area (Å²) in [6.45, 7) is 7.36. The van der Waals surface area contributed by atoms with Crippen molar-refractivity contribution in [2.75, 3.05) is 26.2 Å². The van der Waals surface area contributed by atoms with Gasteiger partial charge in [0.05, 0.1) is 6.61 Å². The predicted octanol–water partition coefficient (Wildman–Crippen LogP) is 1.04. The van der Waals surface area contributed by atoms with Crippen LogP contribution in [-0.4, -0.2) is 58.4 Å². The highest BCUT2D eigenvalue weighted by Crippen LogP contribution is 1.98. The van der Waals surface area contributed by atoms with Crippen molar-refractivity contribution in [3.63, 3.8) is 0 Å². The van der Waals surface area contributed by atoms with Crippen molar-refractivity contribution in [1.29, 1.82) is 0 Å². The van der Waals surface area contributed by atoms with Gasteiger partial charge in [-0.2, -0.15) is 0 Å². The summed E-state index contributed by atoms with van der Waals surface area (Å²) >= 11 is 0. The average molecular weight is 263 g/mol. The molecule has 0 aromatic rings. The monoisotopic (exact) mass is 263 g/mol. The van der Waals surface area contributed by atoms with E-state index in [9.17, 15) is 9.59 Å². The molecule has 0 fully saturated rings. The fraction of sp³-hybridized carbons (Fsp3) is 0.833. The quantitative estimate of drug-likeness (QED) is 0.538. The van der Waals surface area contributed by atoms with Crippen molar-refractivity contribution in [1.82, 2.24) is 4.90 Å². The van der Waals surface area contributed by atoms with Gasteiger partial charge in [0.1, 0.15) is 0 Å². The molecular formula is C12H25NO5. The highest BCUT2D eigenvalue weighted by Gasteiger charge is 1.99. The van der Waals surface area contributed by atoms with Gasteiger partial charge in [0.2, 0.25) is 0 Å². The van der Waals surface area contributed by atoms with E-state index in [-0.39, 0.29) is 19.4 Å². The lowest BCUT2D eigenvalue weighted by molar-refractivity contribution is -0.139. The molecule has 0 amide bonds. The lowest BCUT2D eigenvalue weighted by Crippen LogP contribution is -2.25. The van der Waals surface area contributed by atoms with Crippen LogP contribution in [0.5, 0.6) is 0 Å². The number of aliphatic hydroxyl groups is 1. The van der Waals surface area contributed by atoms with Gasteiger partial charge in [-0.25, -0.2) is 0 Å². The number of carbonyl (C=O) groups is 2. The second-order valence-electron chi connectivity index (χ2n) is 3.75. The highest BCUT2D eigenvalue weighted by atomic mass is 16.4. The highest BCUT2D eigenvalue weighted by molar-refractivity contribution is 5.67. The van der Waals surface area contributed by atoms with Crippen LogP contribution >= 0.6 is 0 Å². The number of carboxylic acids is 2. The van der Waals surface area contributed by atoms with Crippen molar-refractivity contribution in [2.45, 2.75) is 39.5 Å². The zero-order chi connectivity index (χ0) is 14.4. The largest absolute Gasteiger partial charge is 0.481 e. The molecule has 0 saturated carbocycles. The number of unbranched alkanes of at least 4 members (excludes halogenated alkanes) is 1. The van der Waals surface area contributed by atoms with Crippen LogP contribution in [0.15, 0.2) is 0 Å². The first-order valence-electron chi connectivity index (χ1n) is 6.24. The van der Waals surface area contributed by atoms with Crippen LogP contribution in [0, 0.1) is 0 Å². The van der Waals surface area contributed by atoms with Crippen molar-refractivity contribution in [2.24, 2.45) is 0 Å². The number of carboxylic acid groups (broad SMARTS) is 2. The van der Waals surface area contributed by atoms with Gasteiger partial charge in [-0.3, -0.25) is 9.59 Å². The minimum Gasteiger partial charge on any atom is -0.481 e. The Bertz CT molecular complexity index is 201. The predicted molar refractivity (Wildman–Crippen MR) is 68.6 cm³/mol. The molecule has 0 radical (unpaired) electrons. The van der Waals surface area contributed by atoms with E-state index in [1.807, 2.05) is 0 Å². The van der Waals surface area contributed by atoms with Crippen molar-refractivity contribution in [3.8, 4) is 0 Å². The van der Waals surface area contributed by atoms with Crippen LogP contribution in [0.2, 0.25) is 0 Å². The first-order valence-corrected chi connectivity index (χ1v) is 6.24. The lowest BCUT2D eigenvalue weighted by Gasteiger charge is -2.15. The molecule has 0 atom stereocenters. The van der Waals surface area contributed by atoms with Gasteiger partial charge in [-0.1, -0.05) is 13.8 Å². The van der Waals surface area contributed by atoms with Crippen LogP contribution in [0.25, 0.3) is 0 Å². The molecule has 18 heavy (non-hydrogen) atoms. The molecule has 0 heterocycles. The maximum absolute atomic E-state index is 9.90. The van der Waals surface area contributed by atoms with Gasteiger partial charge >= 0.3 is 11.9 Å². The van der Waals surface area contributed by atoms with E-state index in [2.05, 4.69) is 18.7 Å². The molecule has 0 unspecified atom stereocenters. The summed E-state index contributed by atoms with van der Waals surface area (Å²) in [6, 6.07) is 0. The molecule has 108 valence electrons. The van der Waals surface area contributed by atoms with Gasteiger partial charge in [-0.05, 0) is 25.9 Å². The van der Waals surface area contributed by atoms with Gasteiger partial charge in [0.25, 0.3) is 0 Å². The third kappa shape index (κ3) is 17.3. The molecule has 3 N–H and O–H groups in total. The zero-order valence-corrected chi connectivity index (χ0v) is 11.3. The molecule has 0 spiro atoms. The Morgan fingerprint density at radius 1 is 0.944 bits per heavy atom. The summed E-state index contributed by atoms with van der Waals surface area (Å²) in [5.41, 5.74) is 0. The molecule has 0 aromatic carbocycles. The Morgan fingerprint density at radius 2 is 1.33 bits per heavy atom. The molecule has 0 aliphatic rings. The van der Waals surface area contributed by atoms with E-state index in [0.29, 0.717) is 12.8 Å². The van der Waals surface area contributed by atoms with Gasteiger partial charge in [0.15, 0.2) is 0 Å². The van der Waals surface area contributed by atoms with Crippen LogP contribution in [0.3, 0.4) is 0 Å². The maximum Gasteiger partial charge on any atom is 0.303 e. The van der Waals surface area contributed by atoms with Crippen LogP contribution in [0.4, 0.5) is 0 Å². The Kier molecular flexibility index (Phi) is 14.9. The van der Waals surface area contributed by atoms with Crippen molar-refractivity contribution >= 4 is 11.9 Å². The first kappa shape index (κ1) is 19.2. The van der Waals surface area contributed by atoms with Gasteiger partial charge in [-0.15, -0.1) is 0 Å². The molecule has 0 saturated heterocycles. The average Bonchev–Trinajstić information content (AvgIpc) is 2.32. The fourth-order valence-corrected chi connectivity index (χ4v) is 1.23. The molecule has 6 heteroatoms. The van der Waals surface area contributed by atoms with Crippen LogP contribution in [-0.2, 0) is 9.59 Å². The van der Waals surface area contributed by atoms with E-state index in [1.165, 1.54) is 0 Å². The van der Waals surface area contributed by atoms with Gasteiger partial charge in [0, 0.05) is 19.4 Å². The molecule has 0 rings (SSSR count). The summed E-state index contributed by atoms with van der Waals surface area (Å²) in [4.78, 5) is 22.0. The van der Waals surface area contributed by atoms with E-state index in [4.69, 9.17) is 15.3 Å². The topological polar surface area (TPSA) is 98.1 Å². The number of hydrogen-bond donors (Lipinski definition) is 3. The second-order valence-corrected chi connectivity index (χ2v) is 3.75. The summed E-state index contributed by atoms with van der Waals surface area (Å²) in [5, 5.41) is 24.7. The smallest absolute Gasteiger partial charge is 0.303 e. The molecular weight excluding hydrogens is 238 g/mol. The Morgan fingerprint density at radius 3 is 1.50 bits per heavy atom. The minimum atomic E-state index is -0.870. The number of aliphatic hydroxyl groups excluding tert-OH is 1. The van der Waals surface area contributed by atoms with Crippen LogP contribution < -0.4 is 0 Å². The number of nitrogens with zero attached hydrogens (tertiary/aromatic N) is 1. The molecule has 6 nitrogen and oxygen atoms in total. The summed E-state index contributed by atoms with van der Waals surface area (Å²) < 4.78 is 0. The van der Waals surface area contributed by atoms with Crippen molar-refractivity contribution < 1.29 is 24.9 Å². The van der Waals surface area contributed by atoms with Crippen molar-refractivity contribution in [3.05, 3.63) is 0 Å². The number of aliphatic carboxylic acids is 2. The number of rotatable bonds is 9. The first-order chi connectivity index (χ1) is 8.47. The molecule has 0 aliphatic carbocycles. The molecule has 0 bridgehead atoms. The third-order valence-corrected chi connectivity index (χ3v) is 2.34. The second kappa shape index (κ2) is 13.9. The lowest BCUT2D eigenvalue weighted by atomic mass is 10.2. The summed E-state index contributed by atoms with van der Waals surface area (Å²) in [7, 11) is 0. The summed E-state index contributed by atoms with van der Waals surface area (Å²) in [5.74, 6) is -1.74. The number of likely N-dealkylation sites (N-methyl/N-ethyl adjacent to an activating group) is 1. The normalized spacial score (nSPS) is 9.78. The Balaban J connectivity index is 0. The SMILES string of the molecule is CCN(CC)CCO.O=C(O)CCCCC(=O)O. The number of hydrogen-bond acceptors (Lipinski definition) is 4. The molecule has 0 aromatic heterocycles. The minimum absolute atomic E-state index is 0.0628. The van der Waals surface area contributed by atoms with E-state index < -0.39 is 11.9 Å². The van der Waals surface area contributed by atoms with Crippen LogP contribution in [0.1, 0.15) is 39.5 Å². The van der Waals surface area contributed by atoms with Gasteiger partial charge < -0.3 is 20.2 Å². The summed E-state index contributed by atoms with van der Waals surface area (Å²) in [6.07, 6.45) is 1.02. The van der Waals surface area contributed by atoms with E-state index >= 15 is 0 Å². The fourth-order valence-electron chi connectivity index (χ4n) is 1.23. The standard InChI is InChI=1S/C6H15NO.C6H10O4/c1-3-7(4-2)5-6-8;7-5(8)3-1-2-4-6(9)10/h8H,3-6H2,1-2H3;1-4H2,(H,7,8)(H,9,10). The Hall–Kier alpha value is -1.14. The van der Waals surface area contributed by atoms with E-state index in [1.54, 1.807) is 0 Å². The molecule has 0 aliphatic heterocycles.